The van der Waals surface area contributed by atoms with Gasteiger partial charge in [-0.1, -0.05) is 11.6 Å². The van der Waals surface area contributed by atoms with Gasteiger partial charge in [0.1, 0.15) is 18.0 Å². The Morgan fingerprint density at radius 2 is 2.14 bits per heavy atom. The number of ether oxygens (including phenoxy) is 1. The standard InChI is InChI=1S/C18H14BrClN4O4/c1-11-4-13(20)2-3-17(11)28-16-6-14(5-15(7-16)24(26)27)22-18(25)10-23-9-12(19)8-21-23/h2-9H,10H2,1H3,(H,22,25). The van der Waals surface area contributed by atoms with Crippen LogP contribution >= 0.6 is 27.5 Å². The number of nitro groups is 1. The lowest BCUT2D eigenvalue weighted by atomic mass is 10.2. The molecule has 1 heterocycles. The molecule has 0 unspecified atom stereocenters. The second kappa shape index (κ2) is 8.41. The van der Waals surface area contributed by atoms with Crippen molar-refractivity contribution in [2.45, 2.75) is 13.5 Å². The molecule has 0 spiro atoms. The molecule has 3 aromatic rings. The summed E-state index contributed by atoms with van der Waals surface area (Å²) in [4.78, 5) is 22.9. The van der Waals surface area contributed by atoms with Gasteiger partial charge in [-0.2, -0.15) is 5.10 Å². The van der Waals surface area contributed by atoms with Crippen LogP contribution in [0.25, 0.3) is 0 Å². The number of benzene rings is 2. The van der Waals surface area contributed by atoms with Crippen LogP contribution in [0.2, 0.25) is 5.02 Å². The predicted octanol–water partition coefficient (Wildman–Crippen LogP) is 4.95. The number of amides is 1. The van der Waals surface area contributed by atoms with E-state index in [0.717, 1.165) is 10.0 Å². The number of aryl methyl sites for hydroxylation is 1. The number of hydrogen-bond acceptors (Lipinski definition) is 5. The summed E-state index contributed by atoms with van der Waals surface area (Å²) in [6.07, 6.45) is 3.20. The average molecular weight is 466 g/mol. The number of non-ortho nitro benzene ring substituents is 1. The van der Waals surface area contributed by atoms with Crippen molar-refractivity contribution in [2.75, 3.05) is 5.32 Å². The van der Waals surface area contributed by atoms with Gasteiger partial charge >= 0.3 is 0 Å². The van der Waals surface area contributed by atoms with Gasteiger partial charge < -0.3 is 10.1 Å². The summed E-state index contributed by atoms with van der Waals surface area (Å²) < 4.78 is 7.94. The molecule has 1 amide bonds. The van der Waals surface area contributed by atoms with Crippen LogP contribution in [0.3, 0.4) is 0 Å². The van der Waals surface area contributed by atoms with Crippen molar-refractivity contribution in [1.29, 1.82) is 0 Å². The Labute approximate surface area is 173 Å². The molecule has 0 aliphatic carbocycles. The maximum absolute atomic E-state index is 12.2. The molecule has 28 heavy (non-hydrogen) atoms. The van der Waals surface area contributed by atoms with E-state index in [-0.39, 0.29) is 29.6 Å². The minimum absolute atomic E-state index is 0.0409. The van der Waals surface area contributed by atoms with Crippen molar-refractivity contribution < 1.29 is 14.5 Å². The van der Waals surface area contributed by atoms with E-state index in [0.29, 0.717) is 10.8 Å². The van der Waals surface area contributed by atoms with Crippen molar-refractivity contribution in [3.63, 3.8) is 0 Å². The van der Waals surface area contributed by atoms with Crippen LogP contribution in [-0.2, 0) is 11.3 Å². The summed E-state index contributed by atoms with van der Waals surface area (Å²) in [5.74, 6) is 0.338. The van der Waals surface area contributed by atoms with Gasteiger partial charge in [-0.15, -0.1) is 0 Å². The van der Waals surface area contributed by atoms with Crippen LogP contribution in [0.5, 0.6) is 11.5 Å². The van der Waals surface area contributed by atoms with Crippen molar-refractivity contribution >= 4 is 44.8 Å². The number of nitrogens with zero attached hydrogens (tertiary/aromatic N) is 3. The number of carbonyl (C=O) groups excluding carboxylic acids is 1. The summed E-state index contributed by atoms with van der Waals surface area (Å²) >= 11 is 9.19. The molecule has 0 bridgehead atoms. The third kappa shape index (κ3) is 5.08. The molecule has 0 radical (unpaired) electrons. The van der Waals surface area contributed by atoms with Crippen molar-refractivity contribution in [1.82, 2.24) is 9.78 Å². The van der Waals surface area contributed by atoms with Crippen LogP contribution < -0.4 is 10.1 Å². The maximum Gasteiger partial charge on any atom is 0.275 e. The van der Waals surface area contributed by atoms with Gasteiger partial charge in [0.15, 0.2) is 0 Å². The summed E-state index contributed by atoms with van der Waals surface area (Å²) in [5, 5.41) is 18.4. The molecule has 0 fully saturated rings. The smallest absolute Gasteiger partial charge is 0.275 e. The molecule has 0 aliphatic heterocycles. The van der Waals surface area contributed by atoms with Crippen molar-refractivity contribution in [3.05, 3.63) is 74.0 Å². The van der Waals surface area contributed by atoms with Crippen LogP contribution in [0.1, 0.15) is 5.56 Å². The van der Waals surface area contributed by atoms with Gasteiger partial charge in [-0.25, -0.2) is 0 Å². The first-order chi connectivity index (χ1) is 13.3. The molecular formula is C18H14BrClN4O4. The largest absolute Gasteiger partial charge is 0.457 e. The SMILES string of the molecule is Cc1cc(Cl)ccc1Oc1cc(NC(=O)Cn2cc(Br)cn2)cc([N+](=O)[O-])c1. The molecule has 144 valence electrons. The maximum atomic E-state index is 12.2. The van der Waals surface area contributed by atoms with Gasteiger partial charge in [0.05, 0.1) is 27.3 Å². The third-order valence-electron chi connectivity index (χ3n) is 3.66. The predicted molar refractivity (Wildman–Crippen MR) is 108 cm³/mol. The van der Waals surface area contributed by atoms with E-state index >= 15 is 0 Å². The highest BCUT2D eigenvalue weighted by atomic mass is 79.9. The fraction of sp³-hybridized carbons (Fsp3) is 0.111. The molecule has 10 heteroatoms. The van der Waals surface area contributed by atoms with Crippen LogP contribution in [0, 0.1) is 17.0 Å². The number of anilines is 1. The first-order valence-electron chi connectivity index (χ1n) is 8.01. The van der Waals surface area contributed by atoms with E-state index in [1.165, 1.54) is 22.9 Å². The molecule has 8 nitrogen and oxygen atoms in total. The number of nitro benzene ring substituents is 1. The summed E-state index contributed by atoms with van der Waals surface area (Å²) in [6.45, 7) is 1.77. The van der Waals surface area contributed by atoms with Crippen LogP contribution in [0.15, 0.2) is 53.3 Å². The second-order valence-electron chi connectivity index (χ2n) is 5.89. The zero-order valence-electron chi connectivity index (χ0n) is 14.6. The summed E-state index contributed by atoms with van der Waals surface area (Å²) in [5.41, 5.74) is 0.808. The van der Waals surface area contributed by atoms with Gasteiger partial charge in [0.2, 0.25) is 5.91 Å². The first kappa shape index (κ1) is 19.8. The van der Waals surface area contributed by atoms with E-state index in [2.05, 4.69) is 26.3 Å². The Bertz CT molecular complexity index is 1050. The summed E-state index contributed by atoms with van der Waals surface area (Å²) in [7, 11) is 0. The molecule has 3 rings (SSSR count). The number of aromatic nitrogens is 2. The lowest BCUT2D eigenvalue weighted by Gasteiger charge is -2.11. The Kier molecular flexibility index (Phi) is 5.96. The Hall–Kier alpha value is -2.91. The van der Waals surface area contributed by atoms with E-state index in [1.807, 2.05) is 6.92 Å². The lowest BCUT2D eigenvalue weighted by Crippen LogP contribution is -2.19. The lowest BCUT2D eigenvalue weighted by molar-refractivity contribution is -0.384. The Morgan fingerprint density at radius 3 is 2.79 bits per heavy atom. The first-order valence-corrected chi connectivity index (χ1v) is 9.18. The molecule has 0 aliphatic rings. The minimum Gasteiger partial charge on any atom is -0.457 e. The molecular weight excluding hydrogens is 452 g/mol. The minimum atomic E-state index is -0.554. The third-order valence-corrected chi connectivity index (χ3v) is 4.30. The number of halogens is 2. The van der Waals surface area contributed by atoms with Gasteiger partial charge in [0, 0.05) is 23.4 Å². The van der Waals surface area contributed by atoms with Gasteiger partial charge in [0.25, 0.3) is 5.69 Å². The van der Waals surface area contributed by atoms with Gasteiger partial charge in [-0.05, 0) is 46.6 Å². The second-order valence-corrected chi connectivity index (χ2v) is 7.24. The quantitative estimate of drug-likeness (QED) is 0.410. The fourth-order valence-electron chi connectivity index (χ4n) is 2.45. The number of nitrogens with one attached hydrogen (secondary N) is 1. The molecule has 1 aromatic heterocycles. The van der Waals surface area contributed by atoms with E-state index in [4.69, 9.17) is 16.3 Å². The fourth-order valence-corrected chi connectivity index (χ4v) is 3.00. The normalized spacial score (nSPS) is 10.5. The van der Waals surface area contributed by atoms with E-state index < -0.39 is 4.92 Å². The highest BCUT2D eigenvalue weighted by Gasteiger charge is 2.14. The van der Waals surface area contributed by atoms with Crippen molar-refractivity contribution in [3.8, 4) is 11.5 Å². The molecule has 2 aromatic carbocycles. The van der Waals surface area contributed by atoms with Gasteiger partial charge in [-0.3, -0.25) is 19.6 Å². The van der Waals surface area contributed by atoms with E-state index in [1.54, 1.807) is 30.6 Å². The zero-order chi connectivity index (χ0) is 20.3. The molecule has 1 N–H and O–H groups in total. The van der Waals surface area contributed by atoms with Crippen molar-refractivity contribution in [2.24, 2.45) is 0 Å². The Morgan fingerprint density at radius 1 is 1.36 bits per heavy atom. The molecule has 0 atom stereocenters. The Balaban J connectivity index is 1.82. The van der Waals surface area contributed by atoms with Crippen LogP contribution in [-0.4, -0.2) is 20.6 Å². The number of carbonyl (C=O) groups is 1. The zero-order valence-corrected chi connectivity index (χ0v) is 16.9. The number of rotatable bonds is 6. The molecule has 0 saturated carbocycles. The highest BCUT2D eigenvalue weighted by molar-refractivity contribution is 9.10. The topological polar surface area (TPSA) is 99.3 Å². The summed E-state index contributed by atoms with van der Waals surface area (Å²) in [6, 6.07) is 9.11. The molecule has 0 saturated heterocycles. The van der Waals surface area contributed by atoms with Crippen LogP contribution in [0.4, 0.5) is 11.4 Å². The average Bonchev–Trinajstić information content (AvgIpc) is 3.01. The number of hydrogen-bond donors (Lipinski definition) is 1. The highest BCUT2D eigenvalue weighted by Crippen LogP contribution is 2.32. The van der Waals surface area contributed by atoms with E-state index in [9.17, 15) is 14.9 Å². The monoisotopic (exact) mass is 464 g/mol.